The summed E-state index contributed by atoms with van der Waals surface area (Å²) in [5.41, 5.74) is 1.76. The number of carbonyl (C=O) groups is 2. The van der Waals surface area contributed by atoms with Crippen LogP contribution in [0.4, 0.5) is 0 Å². The molecule has 0 N–H and O–H groups in total. The van der Waals surface area contributed by atoms with E-state index in [1.807, 2.05) is 31.2 Å². The molecule has 0 radical (unpaired) electrons. The van der Waals surface area contributed by atoms with E-state index in [2.05, 4.69) is 0 Å². The minimum absolute atomic E-state index is 0.0902. The van der Waals surface area contributed by atoms with Crippen LogP contribution >= 0.6 is 0 Å². The molecule has 0 fully saturated rings. The molecule has 0 aromatic heterocycles. The SMILES string of the molecule is CCOC(=O)C(=Cc1ccc(C)cc1)C(=O)OCC. The van der Waals surface area contributed by atoms with Crippen molar-refractivity contribution >= 4 is 18.0 Å². The second kappa shape index (κ2) is 7.36. The van der Waals surface area contributed by atoms with E-state index in [4.69, 9.17) is 9.47 Å². The van der Waals surface area contributed by atoms with Crippen LogP contribution in [0.3, 0.4) is 0 Å². The highest BCUT2D eigenvalue weighted by Crippen LogP contribution is 2.11. The molecule has 0 spiro atoms. The van der Waals surface area contributed by atoms with Gasteiger partial charge in [-0.2, -0.15) is 0 Å². The summed E-state index contributed by atoms with van der Waals surface area (Å²) in [5, 5.41) is 0. The van der Waals surface area contributed by atoms with E-state index in [-0.39, 0.29) is 18.8 Å². The Morgan fingerprint density at radius 3 is 1.89 bits per heavy atom. The fraction of sp³-hybridized carbons (Fsp3) is 0.333. The monoisotopic (exact) mass is 262 g/mol. The van der Waals surface area contributed by atoms with E-state index in [0.29, 0.717) is 0 Å². The number of esters is 2. The normalized spacial score (nSPS) is 9.63. The van der Waals surface area contributed by atoms with Crippen LogP contribution in [0.25, 0.3) is 6.08 Å². The highest BCUT2D eigenvalue weighted by Gasteiger charge is 2.20. The minimum atomic E-state index is -0.665. The van der Waals surface area contributed by atoms with E-state index in [0.717, 1.165) is 11.1 Å². The van der Waals surface area contributed by atoms with Crippen LogP contribution in [0, 0.1) is 6.92 Å². The zero-order valence-corrected chi connectivity index (χ0v) is 11.4. The number of hydrogen-bond acceptors (Lipinski definition) is 4. The first-order chi connectivity index (χ1) is 9.08. The average molecular weight is 262 g/mol. The molecule has 0 bridgehead atoms. The molecule has 0 aliphatic rings. The maximum Gasteiger partial charge on any atom is 0.345 e. The van der Waals surface area contributed by atoms with E-state index < -0.39 is 11.9 Å². The van der Waals surface area contributed by atoms with Crippen LogP contribution in [0.15, 0.2) is 29.8 Å². The van der Waals surface area contributed by atoms with Gasteiger partial charge in [0, 0.05) is 0 Å². The first-order valence-electron chi connectivity index (χ1n) is 6.21. The topological polar surface area (TPSA) is 52.6 Å². The van der Waals surface area contributed by atoms with Gasteiger partial charge in [-0.1, -0.05) is 29.8 Å². The van der Waals surface area contributed by atoms with Gasteiger partial charge in [-0.15, -0.1) is 0 Å². The van der Waals surface area contributed by atoms with Crippen molar-refractivity contribution in [2.45, 2.75) is 20.8 Å². The minimum Gasteiger partial charge on any atom is -0.462 e. The molecule has 0 saturated carbocycles. The average Bonchev–Trinajstić information content (AvgIpc) is 2.38. The van der Waals surface area contributed by atoms with E-state index in [1.54, 1.807) is 13.8 Å². The van der Waals surface area contributed by atoms with Gasteiger partial charge in [0.2, 0.25) is 0 Å². The fourth-order valence-corrected chi connectivity index (χ4v) is 1.45. The molecule has 102 valence electrons. The molecule has 0 heterocycles. The maximum absolute atomic E-state index is 11.7. The molecule has 0 aliphatic heterocycles. The van der Waals surface area contributed by atoms with Crippen molar-refractivity contribution in [3.05, 3.63) is 41.0 Å². The van der Waals surface area contributed by atoms with E-state index in [9.17, 15) is 9.59 Å². The van der Waals surface area contributed by atoms with Crippen molar-refractivity contribution in [1.82, 2.24) is 0 Å². The number of benzene rings is 1. The van der Waals surface area contributed by atoms with Gasteiger partial charge in [0.1, 0.15) is 5.57 Å². The predicted octanol–water partition coefficient (Wildman–Crippen LogP) is 2.50. The number of ether oxygens (including phenoxy) is 2. The summed E-state index contributed by atoms with van der Waals surface area (Å²) < 4.78 is 9.72. The standard InChI is InChI=1S/C15H18O4/c1-4-18-14(16)13(15(17)19-5-2)10-12-8-6-11(3)7-9-12/h6-10H,4-5H2,1-3H3. The zero-order valence-electron chi connectivity index (χ0n) is 11.4. The van der Waals surface area contributed by atoms with E-state index >= 15 is 0 Å². The first-order valence-corrected chi connectivity index (χ1v) is 6.21. The first kappa shape index (κ1) is 15.0. The molecule has 0 saturated heterocycles. The zero-order chi connectivity index (χ0) is 14.3. The smallest absolute Gasteiger partial charge is 0.345 e. The molecule has 4 nitrogen and oxygen atoms in total. The maximum atomic E-state index is 11.7. The van der Waals surface area contributed by atoms with Crippen LogP contribution in [0.5, 0.6) is 0 Å². The van der Waals surface area contributed by atoms with Gasteiger partial charge in [-0.05, 0) is 32.4 Å². The molecule has 4 heteroatoms. The number of carbonyl (C=O) groups excluding carboxylic acids is 2. The quantitative estimate of drug-likeness (QED) is 0.354. The lowest BCUT2D eigenvalue weighted by Crippen LogP contribution is -2.18. The Balaban J connectivity index is 3.04. The summed E-state index contributed by atoms with van der Waals surface area (Å²) in [7, 11) is 0. The Labute approximate surface area is 113 Å². The van der Waals surface area contributed by atoms with Crippen molar-refractivity contribution in [2.75, 3.05) is 13.2 Å². The van der Waals surface area contributed by atoms with Crippen molar-refractivity contribution in [3.63, 3.8) is 0 Å². The number of hydrogen-bond donors (Lipinski definition) is 0. The van der Waals surface area contributed by atoms with Gasteiger partial charge in [0.15, 0.2) is 0 Å². The third-order valence-electron chi connectivity index (χ3n) is 2.38. The molecular formula is C15H18O4. The van der Waals surface area contributed by atoms with Crippen LogP contribution in [-0.2, 0) is 19.1 Å². The van der Waals surface area contributed by atoms with Crippen molar-refractivity contribution in [3.8, 4) is 0 Å². The summed E-state index contributed by atoms with van der Waals surface area (Å²) in [6, 6.07) is 7.46. The van der Waals surface area contributed by atoms with Gasteiger partial charge in [0.05, 0.1) is 13.2 Å². The summed E-state index contributed by atoms with van der Waals surface area (Å²) in [5.74, 6) is -1.33. The van der Waals surface area contributed by atoms with Gasteiger partial charge in [0.25, 0.3) is 0 Å². The Morgan fingerprint density at radius 1 is 1.00 bits per heavy atom. The van der Waals surface area contributed by atoms with Crippen molar-refractivity contribution < 1.29 is 19.1 Å². The molecule has 0 amide bonds. The van der Waals surface area contributed by atoms with Crippen molar-refractivity contribution in [2.24, 2.45) is 0 Å². The predicted molar refractivity (Wildman–Crippen MR) is 72.4 cm³/mol. The molecule has 0 atom stereocenters. The highest BCUT2D eigenvalue weighted by molar-refractivity contribution is 6.17. The second-order valence-corrected chi connectivity index (χ2v) is 3.91. The lowest BCUT2D eigenvalue weighted by molar-refractivity contribution is -0.146. The Kier molecular flexibility index (Phi) is 5.79. The molecule has 19 heavy (non-hydrogen) atoms. The van der Waals surface area contributed by atoms with E-state index in [1.165, 1.54) is 6.08 Å². The third kappa shape index (κ3) is 4.58. The van der Waals surface area contributed by atoms with Crippen LogP contribution in [0.2, 0.25) is 0 Å². The fourth-order valence-electron chi connectivity index (χ4n) is 1.45. The third-order valence-corrected chi connectivity index (χ3v) is 2.38. The summed E-state index contributed by atoms with van der Waals surface area (Å²) in [6.07, 6.45) is 1.48. The van der Waals surface area contributed by atoms with Crippen LogP contribution in [0.1, 0.15) is 25.0 Å². The van der Waals surface area contributed by atoms with Gasteiger partial charge in [-0.25, -0.2) is 9.59 Å². The summed E-state index contributed by atoms with van der Waals surface area (Å²) in [4.78, 5) is 23.5. The summed E-state index contributed by atoms with van der Waals surface area (Å²) >= 11 is 0. The second-order valence-electron chi connectivity index (χ2n) is 3.91. The molecular weight excluding hydrogens is 244 g/mol. The van der Waals surface area contributed by atoms with Gasteiger partial charge >= 0.3 is 11.9 Å². The lowest BCUT2D eigenvalue weighted by atomic mass is 10.1. The lowest BCUT2D eigenvalue weighted by Gasteiger charge is -2.06. The highest BCUT2D eigenvalue weighted by atomic mass is 16.6. The van der Waals surface area contributed by atoms with Crippen LogP contribution in [-0.4, -0.2) is 25.2 Å². The van der Waals surface area contributed by atoms with Crippen LogP contribution < -0.4 is 0 Å². The Morgan fingerprint density at radius 2 is 1.47 bits per heavy atom. The Bertz CT molecular complexity index is 451. The largest absolute Gasteiger partial charge is 0.462 e. The molecule has 1 aromatic rings. The van der Waals surface area contributed by atoms with Gasteiger partial charge < -0.3 is 9.47 Å². The number of aryl methyl sites for hydroxylation is 1. The van der Waals surface area contributed by atoms with Gasteiger partial charge in [-0.3, -0.25) is 0 Å². The Hall–Kier alpha value is -2.10. The van der Waals surface area contributed by atoms with Crippen molar-refractivity contribution in [1.29, 1.82) is 0 Å². The molecule has 1 aromatic carbocycles. The molecule has 1 rings (SSSR count). The molecule has 0 aliphatic carbocycles. The summed E-state index contributed by atoms with van der Waals surface area (Å²) in [6.45, 7) is 5.76. The number of rotatable bonds is 5. The molecule has 0 unspecified atom stereocenters.